The van der Waals surface area contributed by atoms with Gasteiger partial charge in [0.05, 0.1) is 39.5 Å². The summed E-state index contributed by atoms with van der Waals surface area (Å²) in [6.45, 7) is 1.30. The number of ether oxygens (including phenoxy) is 2. The molecule has 0 radical (unpaired) electrons. The Kier molecular flexibility index (Phi) is 5.41. The van der Waals surface area contributed by atoms with E-state index < -0.39 is 11.8 Å². The van der Waals surface area contributed by atoms with Gasteiger partial charge in [-0.1, -0.05) is 0 Å². The van der Waals surface area contributed by atoms with E-state index in [1.807, 2.05) is 0 Å². The van der Waals surface area contributed by atoms with Crippen LogP contribution in [0.15, 0.2) is 12.2 Å². The van der Waals surface area contributed by atoms with Crippen molar-refractivity contribution in [1.29, 1.82) is 0 Å². The highest BCUT2D eigenvalue weighted by Crippen LogP contribution is 2.02. The lowest BCUT2D eigenvalue weighted by Crippen LogP contribution is -2.34. The van der Waals surface area contributed by atoms with Crippen LogP contribution in [0.4, 0.5) is 0 Å². The molecule has 0 N–H and O–H groups in total. The summed E-state index contributed by atoms with van der Waals surface area (Å²) in [6.07, 6.45) is 2.44. The fourth-order valence-corrected chi connectivity index (χ4v) is 1.82. The summed E-state index contributed by atoms with van der Waals surface area (Å²) in [5, 5.41) is 0. The van der Waals surface area contributed by atoms with Crippen LogP contribution in [-0.4, -0.2) is 72.9 Å². The molecular weight excluding hydrogens is 292 g/mol. The average molecular weight is 306 g/mol. The van der Waals surface area contributed by atoms with Crippen molar-refractivity contribution in [2.24, 2.45) is 0 Å². The van der Waals surface area contributed by atoms with E-state index in [0.29, 0.717) is 0 Å². The Morgan fingerprint density at radius 1 is 0.727 bits per heavy atom. The topological polar surface area (TPSA) is 93.2 Å². The molecule has 0 aromatic heterocycles. The van der Waals surface area contributed by atoms with Crippen LogP contribution >= 0.6 is 0 Å². The van der Waals surface area contributed by atoms with Gasteiger partial charge in [0, 0.05) is 24.0 Å². The summed E-state index contributed by atoms with van der Waals surface area (Å²) in [4.78, 5) is 46.9. The number of nitrogens with zero attached hydrogens (tertiary/aromatic N) is 2. The molecule has 2 heterocycles. The molecule has 0 aliphatic carbocycles. The Hall–Kier alpha value is -2.50. The number of carbonyl (C=O) groups excluding carboxylic acids is 4. The molecule has 2 aliphatic heterocycles. The van der Waals surface area contributed by atoms with E-state index in [1.165, 1.54) is 12.2 Å². The number of carbonyl (C=O) groups is 4. The van der Waals surface area contributed by atoms with Crippen molar-refractivity contribution in [2.75, 3.05) is 39.5 Å². The molecule has 0 aromatic rings. The molecule has 8 nitrogen and oxygen atoms in total. The molecule has 0 saturated heterocycles. The first kappa shape index (κ1) is 15.9. The zero-order chi connectivity index (χ0) is 15.9. The summed E-state index contributed by atoms with van der Waals surface area (Å²) in [5.74, 6) is 2.62. The number of imide groups is 2. The number of amides is 4. The van der Waals surface area contributed by atoms with Crippen LogP contribution in [0.5, 0.6) is 0 Å². The van der Waals surface area contributed by atoms with E-state index in [9.17, 15) is 19.2 Å². The Morgan fingerprint density at radius 2 is 1.18 bits per heavy atom. The molecule has 0 spiro atoms. The van der Waals surface area contributed by atoms with Crippen molar-refractivity contribution in [3.63, 3.8) is 0 Å². The molecule has 22 heavy (non-hydrogen) atoms. The normalized spacial score (nSPS) is 16.7. The molecule has 0 aromatic carbocycles. The first-order valence-corrected chi connectivity index (χ1v) is 6.66. The van der Waals surface area contributed by atoms with Gasteiger partial charge in [0.1, 0.15) is 0 Å². The van der Waals surface area contributed by atoms with E-state index in [2.05, 4.69) is 11.8 Å². The monoisotopic (exact) mass is 306 g/mol. The van der Waals surface area contributed by atoms with Crippen LogP contribution in [0.3, 0.4) is 0 Å². The van der Waals surface area contributed by atoms with Crippen LogP contribution in [0.2, 0.25) is 0 Å². The van der Waals surface area contributed by atoms with Crippen LogP contribution in [0.1, 0.15) is 0 Å². The maximum Gasteiger partial charge on any atom is 0.306 e. The Bertz CT molecular complexity index is 540. The van der Waals surface area contributed by atoms with Crippen LogP contribution in [0.25, 0.3) is 0 Å². The van der Waals surface area contributed by atoms with Crippen molar-refractivity contribution in [3.8, 4) is 11.8 Å². The smallest absolute Gasteiger partial charge is 0.306 e. The molecular formula is C14H14N2O6. The largest absolute Gasteiger partial charge is 0.377 e. The second kappa shape index (κ2) is 7.49. The summed E-state index contributed by atoms with van der Waals surface area (Å²) in [6, 6.07) is 0. The van der Waals surface area contributed by atoms with Gasteiger partial charge < -0.3 is 9.47 Å². The molecule has 2 rings (SSSR count). The third-order valence-electron chi connectivity index (χ3n) is 2.96. The third kappa shape index (κ3) is 4.00. The maximum absolute atomic E-state index is 11.2. The first-order chi connectivity index (χ1) is 10.6. The second-order valence-electron chi connectivity index (χ2n) is 4.40. The van der Waals surface area contributed by atoms with Crippen molar-refractivity contribution in [2.45, 2.75) is 0 Å². The Morgan fingerprint density at radius 3 is 1.68 bits per heavy atom. The molecule has 116 valence electrons. The lowest BCUT2D eigenvalue weighted by molar-refractivity contribution is -0.139. The lowest BCUT2D eigenvalue weighted by Gasteiger charge is -2.14. The number of hydrogen-bond acceptors (Lipinski definition) is 6. The van der Waals surface area contributed by atoms with Crippen LogP contribution < -0.4 is 0 Å². The first-order valence-electron chi connectivity index (χ1n) is 6.66. The fourth-order valence-electron chi connectivity index (χ4n) is 1.82. The molecule has 0 bridgehead atoms. The van der Waals surface area contributed by atoms with Crippen LogP contribution in [-0.2, 0) is 28.7 Å². The van der Waals surface area contributed by atoms with E-state index in [4.69, 9.17) is 9.47 Å². The zero-order valence-corrected chi connectivity index (χ0v) is 11.7. The highest BCUT2D eigenvalue weighted by Gasteiger charge is 2.23. The maximum atomic E-state index is 11.2. The summed E-state index contributed by atoms with van der Waals surface area (Å²) in [7, 11) is 0. The Labute approximate surface area is 126 Å². The van der Waals surface area contributed by atoms with Crippen molar-refractivity contribution in [3.05, 3.63) is 12.2 Å². The van der Waals surface area contributed by atoms with Gasteiger partial charge in [0.2, 0.25) is 0 Å². The van der Waals surface area contributed by atoms with Gasteiger partial charge in [0.25, 0.3) is 11.8 Å². The average Bonchev–Trinajstić information content (AvgIpc) is 2.98. The molecule has 0 unspecified atom stereocenters. The number of hydrogen-bond donors (Lipinski definition) is 0. The van der Waals surface area contributed by atoms with Gasteiger partial charge in [-0.15, -0.1) is 0 Å². The molecule has 0 saturated carbocycles. The second-order valence-corrected chi connectivity index (χ2v) is 4.40. The van der Waals surface area contributed by atoms with Crippen LogP contribution in [0, 0.1) is 11.8 Å². The minimum absolute atomic E-state index is 0.139. The van der Waals surface area contributed by atoms with Gasteiger partial charge in [-0.25, -0.2) is 0 Å². The van der Waals surface area contributed by atoms with E-state index in [0.717, 1.165) is 9.80 Å². The van der Waals surface area contributed by atoms with E-state index in [1.54, 1.807) is 0 Å². The molecule has 4 amide bonds. The third-order valence-corrected chi connectivity index (χ3v) is 2.96. The van der Waals surface area contributed by atoms with Gasteiger partial charge in [-0.05, 0) is 0 Å². The van der Waals surface area contributed by atoms with Gasteiger partial charge in [-0.2, -0.15) is 0 Å². The van der Waals surface area contributed by atoms with Gasteiger partial charge >= 0.3 is 11.8 Å². The molecule has 8 heteroatoms. The quantitative estimate of drug-likeness (QED) is 0.287. The SMILES string of the molecule is O=C1C#CC(=O)N1CCOCCOCCN1C(=O)C=CC1=O. The highest BCUT2D eigenvalue weighted by atomic mass is 16.5. The molecule has 0 fully saturated rings. The lowest BCUT2D eigenvalue weighted by atomic mass is 10.5. The van der Waals surface area contributed by atoms with E-state index >= 15 is 0 Å². The van der Waals surface area contributed by atoms with Gasteiger partial charge in [0.15, 0.2) is 0 Å². The molecule has 2 aliphatic rings. The summed E-state index contributed by atoms with van der Waals surface area (Å²) < 4.78 is 10.5. The summed E-state index contributed by atoms with van der Waals surface area (Å²) in [5.41, 5.74) is 0. The number of rotatable bonds is 9. The van der Waals surface area contributed by atoms with Crippen molar-refractivity contribution < 1.29 is 28.7 Å². The van der Waals surface area contributed by atoms with E-state index in [-0.39, 0.29) is 51.3 Å². The van der Waals surface area contributed by atoms with Crippen molar-refractivity contribution in [1.82, 2.24) is 9.80 Å². The molecule has 0 atom stereocenters. The van der Waals surface area contributed by atoms with Crippen molar-refractivity contribution >= 4 is 23.6 Å². The minimum atomic E-state index is -0.515. The predicted octanol–water partition coefficient (Wildman–Crippen LogP) is -1.68. The highest BCUT2D eigenvalue weighted by molar-refractivity contribution is 6.18. The van der Waals surface area contributed by atoms with Gasteiger partial charge in [-0.3, -0.25) is 29.0 Å². The predicted molar refractivity (Wildman–Crippen MR) is 72.0 cm³/mol. The fraction of sp³-hybridized carbons (Fsp3) is 0.429. The minimum Gasteiger partial charge on any atom is -0.377 e. The zero-order valence-electron chi connectivity index (χ0n) is 11.7. The standard InChI is InChI=1S/C14H14N2O6/c17-11-1-2-12(18)15(11)5-7-21-9-10-22-8-6-16-13(19)3-4-14(16)20/h1-2H,5-10H2. The summed E-state index contributed by atoms with van der Waals surface area (Å²) >= 11 is 0. The Balaban J connectivity index is 1.47.